The normalized spacial score (nSPS) is 19.2. The first-order valence-electron chi connectivity index (χ1n) is 8.03. The smallest absolute Gasteiger partial charge is 0.341 e. The van der Waals surface area contributed by atoms with Gasteiger partial charge in [-0.15, -0.1) is 0 Å². The highest BCUT2D eigenvalue weighted by Crippen LogP contribution is 2.42. The summed E-state index contributed by atoms with van der Waals surface area (Å²) in [5, 5.41) is 11.4. The zero-order valence-electron chi connectivity index (χ0n) is 13.3. The van der Waals surface area contributed by atoms with Gasteiger partial charge in [0.25, 0.3) is 5.91 Å². The average Bonchev–Trinajstić information content (AvgIpc) is 2.71. The first-order valence-corrected chi connectivity index (χ1v) is 8.03. The zero-order chi connectivity index (χ0) is 17.2. The first kappa shape index (κ1) is 16.3. The lowest BCUT2D eigenvalue weighted by Gasteiger charge is -2.48. The standard InChI is InChI=1S/C17H20N2O5/c20-14-10-17(6-1-7-17)19(9-8-18-14)16(23)12-2-4-13(5-3-12)24-11-15(21)22/h2-5H,1,6-11H2,(H,18,20)(H,21,22). The molecule has 0 unspecified atom stereocenters. The maximum absolute atomic E-state index is 12.9. The minimum atomic E-state index is -1.05. The molecule has 1 heterocycles. The van der Waals surface area contributed by atoms with E-state index in [0.717, 1.165) is 19.3 Å². The first-order chi connectivity index (χ1) is 11.5. The van der Waals surface area contributed by atoms with E-state index in [2.05, 4.69) is 5.32 Å². The molecule has 2 fully saturated rings. The highest BCUT2D eigenvalue weighted by Gasteiger charge is 2.47. The number of aliphatic carboxylic acids is 1. The SMILES string of the molecule is O=C(O)COc1ccc(C(=O)N2CCNC(=O)CC23CCC3)cc1. The molecule has 0 atom stereocenters. The molecule has 3 rings (SSSR count). The molecular formula is C17H20N2O5. The van der Waals surface area contributed by atoms with Crippen LogP contribution in [-0.4, -0.2) is 53.0 Å². The molecule has 1 aliphatic heterocycles. The predicted molar refractivity (Wildman–Crippen MR) is 84.8 cm³/mol. The molecule has 1 aromatic carbocycles. The van der Waals surface area contributed by atoms with Crippen molar-refractivity contribution in [2.24, 2.45) is 0 Å². The second-order valence-electron chi connectivity index (χ2n) is 6.27. The van der Waals surface area contributed by atoms with E-state index in [9.17, 15) is 14.4 Å². The summed E-state index contributed by atoms with van der Waals surface area (Å²) in [4.78, 5) is 37.1. The number of amides is 2. The third-order valence-corrected chi connectivity index (χ3v) is 4.71. The third-order valence-electron chi connectivity index (χ3n) is 4.71. The lowest BCUT2D eigenvalue weighted by Crippen LogP contribution is -2.56. The molecule has 1 spiro atoms. The van der Waals surface area contributed by atoms with Crippen molar-refractivity contribution in [1.29, 1.82) is 0 Å². The van der Waals surface area contributed by atoms with Gasteiger partial charge >= 0.3 is 5.97 Å². The molecule has 1 saturated carbocycles. The Kier molecular flexibility index (Phi) is 4.42. The van der Waals surface area contributed by atoms with Crippen LogP contribution in [0.25, 0.3) is 0 Å². The number of carbonyl (C=O) groups excluding carboxylic acids is 2. The van der Waals surface area contributed by atoms with Crippen molar-refractivity contribution in [2.75, 3.05) is 19.7 Å². The van der Waals surface area contributed by atoms with Crippen LogP contribution in [0.2, 0.25) is 0 Å². The van der Waals surface area contributed by atoms with Crippen molar-refractivity contribution in [3.63, 3.8) is 0 Å². The number of carboxylic acids is 1. The van der Waals surface area contributed by atoms with Gasteiger partial charge in [0.2, 0.25) is 5.91 Å². The fourth-order valence-electron chi connectivity index (χ4n) is 3.34. The molecule has 0 radical (unpaired) electrons. The number of nitrogens with one attached hydrogen (secondary N) is 1. The van der Waals surface area contributed by atoms with Gasteiger partial charge in [-0.2, -0.15) is 0 Å². The fourth-order valence-corrected chi connectivity index (χ4v) is 3.34. The van der Waals surface area contributed by atoms with Gasteiger partial charge in [-0.1, -0.05) is 0 Å². The van der Waals surface area contributed by atoms with Gasteiger partial charge in [0.1, 0.15) is 5.75 Å². The Morgan fingerprint density at radius 2 is 1.96 bits per heavy atom. The van der Waals surface area contributed by atoms with Crippen LogP contribution in [0.5, 0.6) is 5.75 Å². The zero-order valence-corrected chi connectivity index (χ0v) is 13.3. The largest absolute Gasteiger partial charge is 0.482 e. The Labute approximate surface area is 139 Å². The molecule has 7 nitrogen and oxygen atoms in total. The quantitative estimate of drug-likeness (QED) is 0.859. The predicted octanol–water partition coefficient (Wildman–Crippen LogP) is 1.03. The molecule has 24 heavy (non-hydrogen) atoms. The average molecular weight is 332 g/mol. The number of benzene rings is 1. The molecule has 1 aliphatic carbocycles. The monoisotopic (exact) mass is 332 g/mol. The van der Waals surface area contributed by atoms with Crippen molar-refractivity contribution in [3.05, 3.63) is 29.8 Å². The number of carbonyl (C=O) groups is 3. The molecule has 7 heteroatoms. The lowest BCUT2D eigenvalue weighted by molar-refractivity contribution is -0.139. The van der Waals surface area contributed by atoms with Gasteiger partial charge in [0, 0.05) is 25.1 Å². The van der Waals surface area contributed by atoms with Crippen molar-refractivity contribution < 1.29 is 24.2 Å². The molecule has 2 aliphatic rings. The third kappa shape index (κ3) is 3.20. The van der Waals surface area contributed by atoms with E-state index >= 15 is 0 Å². The highest BCUT2D eigenvalue weighted by atomic mass is 16.5. The van der Waals surface area contributed by atoms with Crippen LogP contribution in [0.15, 0.2) is 24.3 Å². The topological polar surface area (TPSA) is 95.9 Å². The molecule has 0 bridgehead atoms. The Morgan fingerprint density at radius 1 is 1.25 bits per heavy atom. The summed E-state index contributed by atoms with van der Waals surface area (Å²) in [5.74, 6) is -0.748. The molecule has 1 aromatic rings. The Hall–Kier alpha value is -2.57. The number of hydrogen-bond donors (Lipinski definition) is 2. The summed E-state index contributed by atoms with van der Waals surface area (Å²) in [6.45, 7) is 0.546. The van der Waals surface area contributed by atoms with Crippen LogP contribution in [-0.2, 0) is 9.59 Å². The van der Waals surface area contributed by atoms with E-state index in [4.69, 9.17) is 9.84 Å². The van der Waals surface area contributed by atoms with E-state index in [0.29, 0.717) is 30.8 Å². The van der Waals surface area contributed by atoms with Crippen molar-refractivity contribution in [2.45, 2.75) is 31.2 Å². The number of carboxylic acid groups (broad SMARTS) is 1. The molecule has 0 aromatic heterocycles. The van der Waals surface area contributed by atoms with E-state index in [-0.39, 0.29) is 17.4 Å². The Bertz CT molecular complexity index is 651. The van der Waals surface area contributed by atoms with Crippen LogP contribution in [0.1, 0.15) is 36.0 Å². The summed E-state index contributed by atoms with van der Waals surface area (Å²) in [6.07, 6.45) is 3.09. The summed E-state index contributed by atoms with van der Waals surface area (Å²) in [5.41, 5.74) is 0.161. The molecule has 128 valence electrons. The van der Waals surface area contributed by atoms with Gasteiger partial charge in [-0.25, -0.2) is 4.79 Å². The van der Waals surface area contributed by atoms with Crippen LogP contribution < -0.4 is 10.1 Å². The number of ether oxygens (including phenoxy) is 1. The van der Waals surface area contributed by atoms with E-state index in [1.165, 1.54) is 0 Å². The summed E-state index contributed by atoms with van der Waals surface area (Å²) < 4.78 is 5.08. The fraction of sp³-hybridized carbons (Fsp3) is 0.471. The maximum Gasteiger partial charge on any atom is 0.341 e. The number of rotatable bonds is 4. The molecule has 2 N–H and O–H groups in total. The number of hydrogen-bond acceptors (Lipinski definition) is 4. The van der Waals surface area contributed by atoms with Crippen LogP contribution >= 0.6 is 0 Å². The second-order valence-corrected chi connectivity index (χ2v) is 6.27. The van der Waals surface area contributed by atoms with Gasteiger partial charge in [0.05, 0.1) is 5.54 Å². The molecule has 1 saturated heterocycles. The summed E-state index contributed by atoms with van der Waals surface area (Å²) >= 11 is 0. The number of nitrogens with zero attached hydrogens (tertiary/aromatic N) is 1. The van der Waals surface area contributed by atoms with Crippen molar-refractivity contribution in [1.82, 2.24) is 10.2 Å². The van der Waals surface area contributed by atoms with Crippen molar-refractivity contribution >= 4 is 17.8 Å². The minimum Gasteiger partial charge on any atom is -0.482 e. The summed E-state index contributed by atoms with van der Waals surface area (Å²) in [7, 11) is 0. The lowest BCUT2D eigenvalue weighted by atomic mass is 9.72. The van der Waals surface area contributed by atoms with Gasteiger partial charge in [-0.3, -0.25) is 9.59 Å². The minimum absolute atomic E-state index is 0.00224. The maximum atomic E-state index is 12.9. The Balaban J connectivity index is 1.75. The van der Waals surface area contributed by atoms with Gasteiger partial charge < -0.3 is 20.1 Å². The second kappa shape index (κ2) is 6.51. The van der Waals surface area contributed by atoms with E-state index < -0.39 is 12.6 Å². The van der Waals surface area contributed by atoms with Crippen LogP contribution in [0.4, 0.5) is 0 Å². The van der Waals surface area contributed by atoms with Crippen LogP contribution in [0, 0.1) is 0 Å². The van der Waals surface area contributed by atoms with Gasteiger partial charge in [-0.05, 0) is 43.5 Å². The van der Waals surface area contributed by atoms with Crippen LogP contribution in [0.3, 0.4) is 0 Å². The Morgan fingerprint density at radius 3 is 2.54 bits per heavy atom. The van der Waals surface area contributed by atoms with E-state index in [1.54, 1.807) is 24.3 Å². The van der Waals surface area contributed by atoms with Gasteiger partial charge in [0.15, 0.2) is 6.61 Å². The highest BCUT2D eigenvalue weighted by molar-refractivity contribution is 5.95. The molecule has 2 amide bonds. The van der Waals surface area contributed by atoms with Crippen molar-refractivity contribution in [3.8, 4) is 5.75 Å². The van der Waals surface area contributed by atoms with E-state index in [1.807, 2.05) is 4.90 Å². The summed E-state index contributed by atoms with van der Waals surface area (Å²) in [6, 6.07) is 6.44. The molecular weight excluding hydrogens is 312 g/mol.